The van der Waals surface area contributed by atoms with E-state index in [0.29, 0.717) is 0 Å². The molecule has 0 unspecified atom stereocenters. The monoisotopic (exact) mass is 347 g/mol. The minimum Gasteiger partial charge on any atom is -0.478 e. The first kappa shape index (κ1) is 17.7. The lowest BCUT2D eigenvalue weighted by Gasteiger charge is -2.16. The van der Waals surface area contributed by atoms with Gasteiger partial charge in [-0.15, -0.1) is 0 Å². The van der Waals surface area contributed by atoms with E-state index in [1.807, 2.05) is 31.2 Å². The minimum atomic E-state index is -0.892. The maximum Gasteiger partial charge on any atom is 0.279 e. The number of aryl methyl sites for hydroxylation is 1. The fraction of sp³-hybridized carbons (Fsp3) is 0.176. The number of hydrazine groups is 1. The van der Waals surface area contributed by atoms with Crippen LogP contribution in [0.1, 0.15) is 12.5 Å². The molecule has 0 spiro atoms. The average molecular weight is 347 g/mol. The van der Waals surface area contributed by atoms with Crippen molar-refractivity contribution < 1.29 is 13.9 Å². The lowest BCUT2D eigenvalue weighted by molar-refractivity contribution is -0.127. The smallest absolute Gasteiger partial charge is 0.279 e. The molecule has 3 N–H and O–H groups in total. The zero-order chi connectivity index (χ0) is 17.5. The second kappa shape index (κ2) is 8.26. The summed E-state index contributed by atoms with van der Waals surface area (Å²) < 4.78 is 18.8. The number of nitrogens with one attached hydrogen (secondary N) is 3. The second-order valence-corrected chi connectivity index (χ2v) is 5.53. The highest BCUT2D eigenvalue weighted by Crippen LogP contribution is 2.16. The molecule has 2 aromatic carbocycles. The first-order chi connectivity index (χ1) is 11.5. The summed E-state index contributed by atoms with van der Waals surface area (Å²) in [5, 5.41) is 3.15. The van der Waals surface area contributed by atoms with Crippen molar-refractivity contribution >= 4 is 28.9 Å². The molecule has 0 heterocycles. The van der Waals surface area contributed by atoms with Crippen LogP contribution in [0, 0.1) is 12.7 Å². The van der Waals surface area contributed by atoms with E-state index in [2.05, 4.69) is 16.2 Å². The van der Waals surface area contributed by atoms with E-state index in [9.17, 15) is 9.18 Å². The van der Waals surface area contributed by atoms with E-state index in [0.717, 1.165) is 11.3 Å². The summed E-state index contributed by atoms with van der Waals surface area (Å²) in [6.45, 7) is 3.50. The van der Waals surface area contributed by atoms with Crippen molar-refractivity contribution in [2.75, 3.05) is 5.32 Å². The Kier molecular flexibility index (Phi) is 6.08. The molecule has 0 bridgehead atoms. The molecule has 2 rings (SSSR count). The average Bonchev–Trinajstić information content (AvgIpc) is 2.56. The molecule has 0 aliphatic rings. The van der Waals surface area contributed by atoms with Gasteiger partial charge < -0.3 is 10.1 Å². The first-order valence-corrected chi connectivity index (χ1v) is 7.71. The van der Waals surface area contributed by atoms with Crippen molar-refractivity contribution in [2.45, 2.75) is 20.0 Å². The van der Waals surface area contributed by atoms with Crippen LogP contribution in [0.3, 0.4) is 0 Å². The van der Waals surface area contributed by atoms with Crippen LogP contribution in [0.5, 0.6) is 5.75 Å². The Morgan fingerprint density at radius 3 is 2.46 bits per heavy atom. The molecule has 0 fully saturated rings. The predicted octanol–water partition coefficient (Wildman–Crippen LogP) is 2.92. The number of carbonyl (C=O) groups excluding carboxylic acids is 1. The molecule has 0 saturated heterocycles. The van der Waals surface area contributed by atoms with E-state index >= 15 is 0 Å². The number of benzene rings is 2. The Morgan fingerprint density at radius 2 is 1.79 bits per heavy atom. The number of hydrogen-bond donors (Lipinski definition) is 3. The van der Waals surface area contributed by atoms with Gasteiger partial charge in [-0.25, -0.2) is 4.39 Å². The molecule has 24 heavy (non-hydrogen) atoms. The van der Waals surface area contributed by atoms with Gasteiger partial charge in [0.1, 0.15) is 0 Å². The highest BCUT2D eigenvalue weighted by Gasteiger charge is 2.16. The molecule has 0 aliphatic carbocycles. The van der Waals surface area contributed by atoms with Crippen molar-refractivity contribution in [3.63, 3.8) is 0 Å². The highest BCUT2D eigenvalue weighted by molar-refractivity contribution is 7.80. The lowest BCUT2D eigenvalue weighted by Crippen LogP contribution is -2.48. The lowest BCUT2D eigenvalue weighted by atomic mass is 10.2. The van der Waals surface area contributed by atoms with Gasteiger partial charge in [0.2, 0.25) is 0 Å². The molecule has 0 aromatic heterocycles. The molecular formula is C17H18FN3O2S. The Balaban J connectivity index is 1.80. The number of para-hydroxylation sites is 1. The molecule has 5 nitrogen and oxygen atoms in total. The summed E-state index contributed by atoms with van der Waals surface area (Å²) in [6.07, 6.45) is -0.892. The largest absolute Gasteiger partial charge is 0.478 e. The number of rotatable bonds is 4. The molecule has 2 aromatic rings. The maximum atomic E-state index is 13.5. The Morgan fingerprint density at radius 1 is 1.12 bits per heavy atom. The highest BCUT2D eigenvalue weighted by atomic mass is 32.1. The van der Waals surface area contributed by atoms with E-state index in [4.69, 9.17) is 17.0 Å². The molecule has 126 valence electrons. The first-order valence-electron chi connectivity index (χ1n) is 7.30. The van der Waals surface area contributed by atoms with E-state index in [1.165, 1.54) is 19.1 Å². The predicted molar refractivity (Wildman–Crippen MR) is 95.2 cm³/mol. The van der Waals surface area contributed by atoms with Crippen LogP contribution in [-0.4, -0.2) is 17.1 Å². The third kappa shape index (κ3) is 5.20. The molecule has 0 radical (unpaired) electrons. The van der Waals surface area contributed by atoms with Gasteiger partial charge in [-0.1, -0.05) is 29.8 Å². The van der Waals surface area contributed by atoms with Gasteiger partial charge in [0.15, 0.2) is 22.8 Å². The van der Waals surface area contributed by atoms with E-state index in [-0.39, 0.29) is 10.9 Å². The van der Waals surface area contributed by atoms with Crippen molar-refractivity contribution in [2.24, 2.45) is 0 Å². The van der Waals surface area contributed by atoms with Crippen molar-refractivity contribution in [1.29, 1.82) is 0 Å². The summed E-state index contributed by atoms with van der Waals surface area (Å²) in [5.74, 6) is -0.992. The fourth-order valence-corrected chi connectivity index (χ4v) is 1.97. The number of halogens is 1. The molecule has 0 saturated carbocycles. The van der Waals surface area contributed by atoms with Crippen LogP contribution >= 0.6 is 12.2 Å². The van der Waals surface area contributed by atoms with Crippen molar-refractivity contribution in [3.8, 4) is 5.75 Å². The van der Waals surface area contributed by atoms with E-state index < -0.39 is 17.8 Å². The molecular weight excluding hydrogens is 329 g/mol. The third-order valence-corrected chi connectivity index (χ3v) is 3.32. The molecule has 1 atom stereocenters. The van der Waals surface area contributed by atoms with Gasteiger partial charge in [0, 0.05) is 5.69 Å². The van der Waals surface area contributed by atoms with Gasteiger partial charge >= 0.3 is 0 Å². The summed E-state index contributed by atoms with van der Waals surface area (Å²) in [6, 6.07) is 13.5. The van der Waals surface area contributed by atoms with Crippen LogP contribution in [0.2, 0.25) is 0 Å². The minimum absolute atomic E-state index is 0.0144. The van der Waals surface area contributed by atoms with Gasteiger partial charge in [-0.05, 0) is 50.3 Å². The third-order valence-electron chi connectivity index (χ3n) is 3.12. The summed E-state index contributed by atoms with van der Waals surface area (Å²) in [7, 11) is 0. The zero-order valence-electron chi connectivity index (χ0n) is 13.3. The zero-order valence-corrected chi connectivity index (χ0v) is 14.1. The number of hydrogen-bond acceptors (Lipinski definition) is 3. The van der Waals surface area contributed by atoms with Crippen LogP contribution in [0.15, 0.2) is 48.5 Å². The summed E-state index contributed by atoms with van der Waals surface area (Å²) in [5.41, 5.74) is 6.91. The molecule has 1 amide bonds. The van der Waals surface area contributed by atoms with Crippen molar-refractivity contribution in [1.82, 2.24) is 10.9 Å². The van der Waals surface area contributed by atoms with Crippen LogP contribution in [-0.2, 0) is 4.79 Å². The topological polar surface area (TPSA) is 62.4 Å². The summed E-state index contributed by atoms with van der Waals surface area (Å²) in [4.78, 5) is 12.0. The Hall–Kier alpha value is -2.67. The number of thiocarbonyl (C=S) groups is 1. The second-order valence-electron chi connectivity index (χ2n) is 5.12. The number of anilines is 1. The van der Waals surface area contributed by atoms with Crippen LogP contribution < -0.4 is 20.9 Å². The Labute approximate surface area is 145 Å². The Bertz CT molecular complexity index is 722. The maximum absolute atomic E-state index is 13.5. The van der Waals surface area contributed by atoms with Gasteiger partial charge in [0.05, 0.1) is 0 Å². The number of amides is 1. The molecule has 7 heteroatoms. The van der Waals surface area contributed by atoms with Crippen LogP contribution in [0.4, 0.5) is 10.1 Å². The van der Waals surface area contributed by atoms with E-state index in [1.54, 1.807) is 12.1 Å². The fourth-order valence-electron chi connectivity index (χ4n) is 1.80. The summed E-state index contributed by atoms with van der Waals surface area (Å²) >= 11 is 5.09. The van der Waals surface area contributed by atoms with Crippen LogP contribution in [0.25, 0.3) is 0 Å². The number of ether oxygens (including phenoxy) is 1. The standard InChI is InChI=1S/C17H18FN3O2S/c1-11-7-9-13(10-8-11)19-17(24)21-20-16(22)12(2)23-15-6-4-3-5-14(15)18/h3-10,12H,1-2H3,(H,20,22)(H2,19,21,24)/t12-/m1/s1. The number of carbonyl (C=O) groups is 1. The molecule has 0 aliphatic heterocycles. The normalized spacial score (nSPS) is 11.3. The van der Waals surface area contributed by atoms with Gasteiger partial charge in [-0.3, -0.25) is 15.6 Å². The van der Waals surface area contributed by atoms with Gasteiger partial charge in [-0.2, -0.15) is 0 Å². The SMILES string of the molecule is Cc1ccc(NC(=S)NNC(=O)[C@@H](C)Oc2ccccc2F)cc1. The van der Waals surface area contributed by atoms with Gasteiger partial charge in [0.25, 0.3) is 5.91 Å². The quantitative estimate of drug-likeness (QED) is 0.586. The van der Waals surface area contributed by atoms with Crippen molar-refractivity contribution in [3.05, 3.63) is 59.9 Å².